The maximum absolute atomic E-state index is 12.2. The fraction of sp³-hybridized carbons (Fsp3) is 0.867. The third kappa shape index (κ3) is 4.12. The second-order valence-electron chi connectivity index (χ2n) is 7.24. The van der Waals surface area contributed by atoms with E-state index in [4.69, 9.17) is 0 Å². The van der Waals surface area contributed by atoms with Crippen molar-refractivity contribution in [3.8, 4) is 0 Å². The Kier molecular flexibility index (Phi) is 5.05. The zero-order chi connectivity index (χ0) is 15.6. The Morgan fingerprint density at radius 2 is 1.80 bits per heavy atom. The van der Waals surface area contributed by atoms with Crippen molar-refractivity contribution in [1.82, 2.24) is 10.2 Å². The summed E-state index contributed by atoms with van der Waals surface area (Å²) < 4.78 is 0. The van der Waals surface area contributed by atoms with Crippen molar-refractivity contribution in [3.63, 3.8) is 0 Å². The highest BCUT2D eigenvalue weighted by Gasteiger charge is 2.35. The molecule has 0 saturated carbocycles. The number of carboxylic acids is 1. The molecule has 2 N–H and O–H groups in total. The van der Waals surface area contributed by atoms with Crippen molar-refractivity contribution in [1.29, 1.82) is 0 Å². The maximum Gasteiger partial charge on any atom is 0.326 e. The van der Waals surface area contributed by atoms with Gasteiger partial charge < -0.3 is 15.3 Å². The SMILES string of the molecule is CCC1(C)CCN(C(=O)N[C@@H](C(=O)O)C(C)(C)C)CC1. The van der Waals surface area contributed by atoms with Gasteiger partial charge in [-0.1, -0.05) is 41.0 Å². The highest BCUT2D eigenvalue weighted by Crippen LogP contribution is 2.34. The summed E-state index contributed by atoms with van der Waals surface area (Å²) in [7, 11) is 0. The van der Waals surface area contributed by atoms with E-state index in [9.17, 15) is 14.7 Å². The molecule has 1 aliphatic heterocycles. The number of carboxylic acid groups (broad SMARTS) is 1. The topological polar surface area (TPSA) is 69.6 Å². The van der Waals surface area contributed by atoms with Gasteiger partial charge in [0.15, 0.2) is 0 Å². The lowest BCUT2D eigenvalue weighted by atomic mass is 9.78. The molecule has 1 saturated heterocycles. The van der Waals surface area contributed by atoms with Gasteiger partial charge in [0.1, 0.15) is 6.04 Å². The number of amides is 2. The molecule has 5 nitrogen and oxygen atoms in total. The third-order valence-corrected chi connectivity index (χ3v) is 4.49. The van der Waals surface area contributed by atoms with Crippen LogP contribution < -0.4 is 5.32 Å². The Balaban J connectivity index is 2.62. The molecule has 0 aromatic heterocycles. The molecule has 0 bridgehead atoms. The molecule has 2 amide bonds. The van der Waals surface area contributed by atoms with Gasteiger partial charge in [0.05, 0.1) is 0 Å². The molecule has 0 aliphatic carbocycles. The van der Waals surface area contributed by atoms with Crippen LogP contribution in [0.1, 0.15) is 53.9 Å². The molecule has 1 rings (SSSR count). The summed E-state index contributed by atoms with van der Waals surface area (Å²) in [5.41, 5.74) is -0.192. The quantitative estimate of drug-likeness (QED) is 0.837. The summed E-state index contributed by atoms with van der Waals surface area (Å²) in [5, 5.41) is 11.9. The number of aliphatic carboxylic acids is 1. The minimum absolute atomic E-state index is 0.259. The number of hydrogen-bond donors (Lipinski definition) is 2. The summed E-state index contributed by atoms with van der Waals surface area (Å²) in [6.07, 6.45) is 3.07. The van der Waals surface area contributed by atoms with Gasteiger partial charge in [0, 0.05) is 13.1 Å². The number of hydrogen-bond acceptors (Lipinski definition) is 2. The van der Waals surface area contributed by atoms with Crippen LogP contribution in [0, 0.1) is 10.8 Å². The molecule has 1 aliphatic rings. The highest BCUT2D eigenvalue weighted by molar-refractivity contribution is 5.83. The van der Waals surface area contributed by atoms with E-state index in [-0.39, 0.29) is 6.03 Å². The van der Waals surface area contributed by atoms with Crippen molar-refractivity contribution in [2.45, 2.75) is 59.9 Å². The molecular weight excluding hydrogens is 256 g/mol. The largest absolute Gasteiger partial charge is 0.480 e. The number of carbonyl (C=O) groups excluding carboxylic acids is 1. The second-order valence-corrected chi connectivity index (χ2v) is 7.24. The van der Waals surface area contributed by atoms with Gasteiger partial charge in [-0.05, 0) is 23.7 Å². The number of carbonyl (C=O) groups is 2. The fourth-order valence-electron chi connectivity index (χ4n) is 2.47. The Labute approximate surface area is 121 Å². The van der Waals surface area contributed by atoms with Crippen LogP contribution in [-0.2, 0) is 4.79 Å². The van der Waals surface area contributed by atoms with Gasteiger partial charge in [-0.3, -0.25) is 0 Å². The van der Waals surface area contributed by atoms with Crippen molar-refractivity contribution < 1.29 is 14.7 Å². The molecule has 1 atom stereocenters. The van der Waals surface area contributed by atoms with E-state index in [1.54, 1.807) is 4.90 Å². The summed E-state index contributed by atoms with van der Waals surface area (Å²) in [6.45, 7) is 11.3. The van der Waals surface area contributed by atoms with E-state index in [1.165, 1.54) is 0 Å². The number of urea groups is 1. The average Bonchev–Trinajstić information content (AvgIpc) is 2.34. The van der Waals surface area contributed by atoms with Crippen LogP contribution in [0.3, 0.4) is 0 Å². The minimum Gasteiger partial charge on any atom is -0.480 e. The van der Waals surface area contributed by atoms with Gasteiger partial charge in [-0.2, -0.15) is 0 Å². The van der Waals surface area contributed by atoms with Gasteiger partial charge in [0.2, 0.25) is 0 Å². The molecule has 116 valence electrons. The van der Waals surface area contributed by atoms with Crippen LogP contribution in [0.5, 0.6) is 0 Å². The predicted molar refractivity (Wildman–Crippen MR) is 78.6 cm³/mol. The summed E-state index contributed by atoms with van der Waals surface area (Å²) >= 11 is 0. The molecule has 0 aromatic rings. The summed E-state index contributed by atoms with van der Waals surface area (Å²) in [5.74, 6) is -0.985. The maximum atomic E-state index is 12.2. The van der Waals surface area contributed by atoms with Crippen molar-refractivity contribution >= 4 is 12.0 Å². The van der Waals surface area contributed by atoms with Crippen molar-refractivity contribution in [3.05, 3.63) is 0 Å². The molecular formula is C15H28N2O3. The normalized spacial score (nSPS) is 20.4. The first kappa shape index (κ1) is 16.8. The molecule has 0 unspecified atom stereocenters. The molecule has 0 radical (unpaired) electrons. The first-order valence-electron chi connectivity index (χ1n) is 7.37. The zero-order valence-corrected chi connectivity index (χ0v) is 13.3. The Hall–Kier alpha value is -1.26. The summed E-state index contributed by atoms with van der Waals surface area (Å²) in [4.78, 5) is 25.2. The Morgan fingerprint density at radius 1 is 1.30 bits per heavy atom. The number of likely N-dealkylation sites (tertiary alicyclic amines) is 1. The molecule has 0 aromatic carbocycles. The van der Waals surface area contributed by atoms with Crippen LogP contribution in [0.25, 0.3) is 0 Å². The first-order chi connectivity index (χ1) is 9.09. The van der Waals surface area contributed by atoms with Crippen LogP contribution in [0.2, 0.25) is 0 Å². The average molecular weight is 284 g/mol. The zero-order valence-electron chi connectivity index (χ0n) is 13.3. The minimum atomic E-state index is -0.985. The van der Waals surface area contributed by atoms with Crippen molar-refractivity contribution in [2.75, 3.05) is 13.1 Å². The van der Waals surface area contributed by atoms with E-state index in [0.717, 1.165) is 19.3 Å². The van der Waals surface area contributed by atoms with E-state index in [0.29, 0.717) is 18.5 Å². The number of nitrogens with one attached hydrogen (secondary N) is 1. The summed E-state index contributed by atoms with van der Waals surface area (Å²) in [6, 6.07) is -1.13. The lowest BCUT2D eigenvalue weighted by molar-refractivity contribution is -0.142. The standard InChI is InChI=1S/C15H28N2O3/c1-6-15(5)7-9-17(10-8-15)13(20)16-11(12(18)19)14(2,3)4/h11H,6-10H2,1-5H3,(H,16,20)(H,18,19)/t11-/m0/s1. The monoisotopic (exact) mass is 284 g/mol. The van der Waals surface area contributed by atoms with E-state index in [1.807, 2.05) is 20.8 Å². The Morgan fingerprint density at radius 3 is 2.15 bits per heavy atom. The lowest BCUT2D eigenvalue weighted by Crippen LogP contribution is -2.55. The molecule has 5 heteroatoms. The number of nitrogens with zero attached hydrogens (tertiary/aromatic N) is 1. The third-order valence-electron chi connectivity index (χ3n) is 4.49. The van der Waals surface area contributed by atoms with Gasteiger partial charge >= 0.3 is 12.0 Å². The van der Waals surface area contributed by atoms with E-state index < -0.39 is 17.4 Å². The van der Waals surface area contributed by atoms with E-state index >= 15 is 0 Å². The smallest absolute Gasteiger partial charge is 0.326 e. The van der Waals surface area contributed by atoms with Crippen LogP contribution >= 0.6 is 0 Å². The first-order valence-corrected chi connectivity index (χ1v) is 7.37. The lowest BCUT2D eigenvalue weighted by Gasteiger charge is -2.39. The van der Waals surface area contributed by atoms with Crippen LogP contribution in [-0.4, -0.2) is 41.1 Å². The molecule has 1 fully saturated rings. The van der Waals surface area contributed by atoms with E-state index in [2.05, 4.69) is 19.2 Å². The van der Waals surface area contributed by atoms with Crippen LogP contribution in [0.15, 0.2) is 0 Å². The highest BCUT2D eigenvalue weighted by atomic mass is 16.4. The van der Waals surface area contributed by atoms with Crippen molar-refractivity contribution in [2.24, 2.45) is 10.8 Å². The van der Waals surface area contributed by atoms with Crippen LogP contribution in [0.4, 0.5) is 4.79 Å². The molecule has 1 heterocycles. The Bertz CT molecular complexity index is 366. The molecule has 20 heavy (non-hydrogen) atoms. The number of piperidine rings is 1. The molecule has 0 spiro atoms. The predicted octanol–water partition coefficient (Wildman–Crippen LogP) is 2.71. The second kappa shape index (κ2) is 6.02. The van der Waals surface area contributed by atoms with Gasteiger partial charge in [0.25, 0.3) is 0 Å². The van der Waals surface area contributed by atoms with Gasteiger partial charge in [-0.25, -0.2) is 9.59 Å². The number of rotatable bonds is 3. The fourth-order valence-corrected chi connectivity index (χ4v) is 2.47. The van der Waals surface area contributed by atoms with Gasteiger partial charge in [-0.15, -0.1) is 0 Å².